The number of morpholine rings is 1. The van der Waals surface area contributed by atoms with E-state index in [0.717, 1.165) is 47.9 Å². The number of benzene rings is 1. The van der Waals surface area contributed by atoms with E-state index in [1.54, 1.807) is 23.9 Å². The number of nitrogens with zero attached hydrogens (tertiary/aromatic N) is 6. The van der Waals surface area contributed by atoms with Crippen molar-refractivity contribution in [1.82, 2.24) is 29.4 Å². The molecule has 3 aromatic rings. The molecule has 1 aromatic carbocycles. The van der Waals surface area contributed by atoms with E-state index < -0.39 is 10.0 Å². The zero-order valence-corrected chi connectivity index (χ0v) is 24.0. The highest BCUT2D eigenvalue weighted by molar-refractivity contribution is 7.99. The topological polar surface area (TPSA) is 123 Å². The smallest absolute Gasteiger partial charge is 0.251 e. The molecule has 2 saturated heterocycles. The first kappa shape index (κ1) is 27.8. The summed E-state index contributed by atoms with van der Waals surface area (Å²) < 4.78 is 34.1. The lowest BCUT2D eigenvalue weighted by atomic mass is 10.1. The number of carbonyl (C=O) groups excluding carboxylic acids is 1. The second kappa shape index (κ2) is 12.2. The van der Waals surface area contributed by atoms with Gasteiger partial charge in [0.2, 0.25) is 10.0 Å². The minimum Gasteiger partial charge on any atom is -0.379 e. The Labute approximate surface area is 233 Å². The number of sulfonamides is 1. The highest BCUT2D eigenvalue weighted by Crippen LogP contribution is 2.30. The second-order valence-corrected chi connectivity index (χ2v) is 13.4. The lowest BCUT2D eigenvalue weighted by Gasteiger charge is -2.28. The third kappa shape index (κ3) is 6.37. The molecule has 0 saturated carbocycles. The number of hydrogen-bond acceptors (Lipinski definition) is 9. The first-order chi connectivity index (χ1) is 18.8. The van der Waals surface area contributed by atoms with E-state index in [-0.39, 0.29) is 10.8 Å². The molecule has 11 nitrogen and oxygen atoms in total. The van der Waals surface area contributed by atoms with Crippen molar-refractivity contribution < 1.29 is 17.9 Å². The SMILES string of the molecule is CC(C)Sc1nc(N2CCCCC2)c2cnn(CCNC(=O)c3ccc(S(=O)(=O)N4CCOCC4)cc3)c2n1. The molecule has 4 heterocycles. The fourth-order valence-electron chi connectivity index (χ4n) is 4.79. The van der Waals surface area contributed by atoms with Gasteiger partial charge in [0.05, 0.1) is 36.2 Å². The number of anilines is 1. The van der Waals surface area contributed by atoms with E-state index in [2.05, 4.69) is 29.2 Å². The van der Waals surface area contributed by atoms with Gasteiger partial charge in [0.15, 0.2) is 10.8 Å². The number of fused-ring (bicyclic) bond motifs is 1. The number of hydrogen-bond donors (Lipinski definition) is 1. The maximum Gasteiger partial charge on any atom is 0.251 e. The van der Waals surface area contributed by atoms with Crippen molar-refractivity contribution in [2.24, 2.45) is 0 Å². The summed E-state index contributed by atoms with van der Waals surface area (Å²) in [4.78, 5) is 25.0. The average molecular weight is 574 g/mol. The first-order valence-corrected chi connectivity index (χ1v) is 15.8. The Morgan fingerprint density at radius 1 is 1.05 bits per heavy atom. The quantitative estimate of drug-likeness (QED) is 0.304. The monoisotopic (exact) mass is 573 g/mol. The lowest BCUT2D eigenvalue weighted by Crippen LogP contribution is -2.40. The summed E-state index contributed by atoms with van der Waals surface area (Å²) in [5, 5.41) is 9.49. The number of aromatic nitrogens is 4. The molecule has 2 aliphatic rings. The van der Waals surface area contributed by atoms with Crippen LogP contribution in [0.5, 0.6) is 0 Å². The van der Waals surface area contributed by atoms with Crippen molar-refractivity contribution in [3.63, 3.8) is 0 Å². The molecule has 0 aliphatic carbocycles. The maximum absolute atomic E-state index is 12.8. The molecule has 0 spiro atoms. The third-order valence-corrected chi connectivity index (χ3v) is 9.56. The van der Waals surface area contributed by atoms with Gasteiger partial charge < -0.3 is 15.0 Å². The normalized spacial score (nSPS) is 17.2. The van der Waals surface area contributed by atoms with Crippen LogP contribution in [0, 0.1) is 0 Å². The summed E-state index contributed by atoms with van der Waals surface area (Å²) in [6.45, 7) is 8.41. The molecule has 0 radical (unpaired) electrons. The molecular weight excluding hydrogens is 538 g/mol. The number of rotatable bonds is 9. The summed E-state index contributed by atoms with van der Waals surface area (Å²) in [6.07, 6.45) is 5.36. The van der Waals surface area contributed by atoms with Gasteiger partial charge in [-0.05, 0) is 43.5 Å². The van der Waals surface area contributed by atoms with Crippen LogP contribution in [0.4, 0.5) is 5.82 Å². The van der Waals surface area contributed by atoms with Crippen LogP contribution < -0.4 is 10.2 Å². The number of ether oxygens (including phenoxy) is 1. The predicted octanol–water partition coefficient (Wildman–Crippen LogP) is 2.77. The summed E-state index contributed by atoms with van der Waals surface area (Å²) >= 11 is 1.63. The fraction of sp³-hybridized carbons (Fsp3) is 0.538. The number of thioether (sulfide) groups is 1. The maximum atomic E-state index is 12.8. The van der Waals surface area contributed by atoms with Crippen molar-refractivity contribution in [2.75, 3.05) is 50.8 Å². The lowest BCUT2D eigenvalue weighted by molar-refractivity contribution is 0.0730. The van der Waals surface area contributed by atoms with Crippen LogP contribution in [0.1, 0.15) is 43.5 Å². The Bertz CT molecular complexity index is 1400. The zero-order chi connectivity index (χ0) is 27.4. The van der Waals surface area contributed by atoms with E-state index in [1.165, 1.54) is 22.9 Å². The molecule has 0 unspecified atom stereocenters. The first-order valence-electron chi connectivity index (χ1n) is 13.4. The predicted molar refractivity (Wildman–Crippen MR) is 151 cm³/mol. The molecule has 1 N–H and O–H groups in total. The zero-order valence-electron chi connectivity index (χ0n) is 22.4. The van der Waals surface area contributed by atoms with Crippen LogP contribution in [0.25, 0.3) is 11.0 Å². The standard InChI is InChI=1S/C26H35N7O4S2/c1-19(2)38-26-29-23(31-11-4-3-5-12-31)22-18-28-33(24(22)30-26)13-10-27-25(34)20-6-8-21(9-7-20)39(35,36)32-14-16-37-17-15-32/h6-9,18-19H,3-5,10-17H2,1-2H3,(H,27,34). The summed E-state index contributed by atoms with van der Waals surface area (Å²) in [6, 6.07) is 6.04. The van der Waals surface area contributed by atoms with Gasteiger partial charge in [-0.3, -0.25) is 4.79 Å². The minimum atomic E-state index is -3.60. The summed E-state index contributed by atoms with van der Waals surface area (Å²) in [5.74, 6) is 0.659. The van der Waals surface area contributed by atoms with Crippen molar-refractivity contribution >= 4 is 44.5 Å². The number of nitrogens with one attached hydrogen (secondary N) is 1. The highest BCUT2D eigenvalue weighted by Gasteiger charge is 2.26. The fourth-order valence-corrected chi connectivity index (χ4v) is 6.89. The van der Waals surface area contributed by atoms with Crippen molar-refractivity contribution in [1.29, 1.82) is 0 Å². The van der Waals surface area contributed by atoms with E-state index in [0.29, 0.717) is 50.2 Å². The average Bonchev–Trinajstić information content (AvgIpc) is 3.36. The third-order valence-electron chi connectivity index (χ3n) is 6.79. The van der Waals surface area contributed by atoms with Gasteiger partial charge in [-0.25, -0.2) is 23.1 Å². The molecule has 39 heavy (non-hydrogen) atoms. The minimum absolute atomic E-state index is 0.170. The number of piperidine rings is 1. The Hall–Kier alpha value is -2.74. The van der Waals surface area contributed by atoms with Gasteiger partial charge in [-0.1, -0.05) is 25.6 Å². The van der Waals surface area contributed by atoms with Gasteiger partial charge in [-0.15, -0.1) is 0 Å². The molecule has 0 atom stereocenters. The van der Waals surface area contributed by atoms with E-state index in [9.17, 15) is 13.2 Å². The van der Waals surface area contributed by atoms with Crippen LogP contribution in [-0.4, -0.2) is 89.6 Å². The Morgan fingerprint density at radius 3 is 2.46 bits per heavy atom. The molecule has 2 aromatic heterocycles. The van der Waals surface area contributed by atoms with Crippen LogP contribution in [0.15, 0.2) is 40.5 Å². The van der Waals surface area contributed by atoms with Gasteiger partial charge >= 0.3 is 0 Å². The van der Waals surface area contributed by atoms with Crippen LogP contribution in [0.2, 0.25) is 0 Å². The molecule has 5 rings (SSSR count). The van der Waals surface area contributed by atoms with Crippen molar-refractivity contribution in [2.45, 2.75) is 55.0 Å². The van der Waals surface area contributed by atoms with Crippen molar-refractivity contribution in [3.05, 3.63) is 36.0 Å². The Morgan fingerprint density at radius 2 is 1.77 bits per heavy atom. The highest BCUT2D eigenvalue weighted by atomic mass is 32.2. The summed E-state index contributed by atoms with van der Waals surface area (Å²) in [7, 11) is -3.60. The number of carbonyl (C=O) groups is 1. The second-order valence-electron chi connectivity index (χ2n) is 9.95. The molecule has 210 valence electrons. The molecule has 2 aliphatic heterocycles. The van der Waals surface area contributed by atoms with Crippen LogP contribution in [0.3, 0.4) is 0 Å². The molecular formula is C26H35N7O4S2. The van der Waals surface area contributed by atoms with Gasteiger partial charge in [0, 0.05) is 43.5 Å². The molecule has 13 heteroatoms. The Kier molecular flexibility index (Phi) is 8.70. The van der Waals surface area contributed by atoms with Gasteiger partial charge in [0.1, 0.15) is 5.82 Å². The van der Waals surface area contributed by atoms with Crippen LogP contribution >= 0.6 is 11.8 Å². The van der Waals surface area contributed by atoms with Crippen molar-refractivity contribution in [3.8, 4) is 0 Å². The van der Waals surface area contributed by atoms with Gasteiger partial charge in [0.25, 0.3) is 5.91 Å². The largest absolute Gasteiger partial charge is 0.379 e. The number of amides is 1. The molecule has 1 amide bonds. The summed E-state index contributed by atoms with van der Waals surface area (Å²) in [5.41, 5.74) is 1.16. The molecule has 0 bridgehead atoms. The van der Waals surface area contributed by atoms with Gasteiger partial charge in [-0.2, -0.15) is 9.40 Å². The van der Waals surface area contributed by atoms with E-state index in [1.807, 2.05) is 10.9 Å². The Balaban J connectivity index is 1.26. The van der Waals surface area contributed by atoms with E-state index in [4.69, 9.17) is 14.7 Å². The molecule has 2 fully saturated rings. The van der Waals surface area contributed by atoms with E-state index >= 15 is 0 Å². The van der Waals surface area contributed by atoms with Crippen LogP contribution in [-0.2, 0) is 21.3 Å².